The van der Waals surface area contributed by atoms with Crippen molar-refractivity contribution < 1.29 is 48.5 Å². The maximum absolute atomic E-state index is 12.8. The van der Waals surface area contributed by atoms with E-state index in [2.05, 4.69) is 0 Å². The van der Waals surface area contributed by atoms with Gasteiger partial charge in [0, 0.05) is 17.8 Å². The van der Waals surface area contributed by atoms with Gasteiger partial charge in [-0.05, 0) is 70.6 Å². The summed E-state index contributed by atoms with van der Waals surface area (Å²) in [6.45, 7) is 0. The maximum Gasteiger partial charge on any atom is 0.310 e. The largest absolute Gasteiger partial charge is 0.481 e. The van der Waals surface area contributed by atoms with Crippen LogP contribution in [0.1, 0.15) is 96.3 Å². The summed E-state index contributed by atoms with van der Waals surface area (Å²) in [6, 6.07) is -0.926. The fourth-order valence-corrected chi connectivity index (χ4v) is 6.95. The molecule has 2 N–H and O–H groups in total. The van der Waals surface area contributed by atoms with Gasteiger partial charge < -0.3 is 24.4 Å². The van der Waals surface area contributed by atoms with E-state index in [4.69, 9.17) is 14.2 Å². The van der Waals surface area contributed by atoms with Crippen molar-refractivity contribution in [3.8, 4) is 0 Å². The first-order valence-corrected chi connectivity index (χ1v) is 14.8. The molecule has 40 heavy (non-hydrogen) atoms. The molecule has 0 radical (unpaired) electrons. The van der Waals surface area contributed by atoms with Gasteiger partial charge in [0.2, 0.25) is 6.04 Å². The summed E-state index contributed by atoms with van der Waals surface area (Å²) in [5.41, 5.74) is 0. The minimum absolute atomic E-state index is 0.0120. The molecule has 12 heteroatoms. The molecule has 0 bridgehead atoms. The van der Waals surface area contributed by atoms with Crippen molar-refractivity contribution in [1.29, 1.82) is 0 Å². The SMILES string of the molecule is O=C(O)C1CCCCC1C(=O)OC1CCC(OC2CCC(OC(=O)C3CC([N+](=O)[O-])CCC3C(=O)O)CC2)CC1. The molecule has 0 aromatic carbocycles. The average Bonchev–Trinajstić information content (AvgIpc) is 2.94. The molecule has 224 valence electrons. The summed E-state index contributed by atoms with van der Waals surface area (Å²) in [5, 5.41) is 30.1. The molecule has 0 aromatic heterocycles. The fourth-order valence-electron chi connectivity index (χ4n) is 6.95. The van der Waals surface area contributed by atoms with E-state index in [0.29, 0.717) is 51.4 Å². The summed E-state index contributed by atoms with van der Waals surface area (Å²) in [6.07, 6.45) is 7.72. The van der Waals surface area contributed by atoms with E-state index in [1.54, 1.807) is 0 Å². The molecule has 0 aliphatic heterocycles. The lowest BCUT2D eigenvalue weighted by atomic mass is 9.77. The Bertz CT molecular complexity index is 939. The fraction of sp³-hybridized carbons (Fsp3) is 0.857. The van der Waals surface area contributed by atoms with E-state index in [0.717, 1.165) is 25.7 Å². The summed E-state index contributed by atoms with van der Waals surface area (Å²) in [4.78, 5) is 59.4. The van der Waals surface area contributed by atoms with E-state index >= 15 is 0 Å². The Labute approximate surface area is 233 Å². The second-order valence-corrected chi connectivity index (χ2v) is 11.9. The molecule has 12 nitrogen and oxygen atoms in total. The zero-order valence-electron chi connectivity index (χ0n) is 22.8. The second-order valence-electron chi connectivity index (χ2n) is 11.9. The third-order valence-electron chi connectivity index (χ3n) is 9.32. The molecule has 4 aliphatic carbocycles. The van der Waals surface area contributed by atoms with Crippen molar-refractivity contribution in [3.05, 3.63) is 10.1 Å². The van der Waals surface area contributed by atoms with Crippen molar-refractivity contribution in [1.82, 2.24) is 0 Å². The van der Waals surface area contributed by atoms with Crippen LogP contribution in [0, 0.1) is 33.8 Å². The molecule has 4 saturated carbocycles. The van der Waals surface area contributed by atoms with Crippen LogP contribution < -0.4 is 0 Å². The number of nitrogens with zero attached hydrogens (tertiary/aromatic N) is 1. The molecule has 4 fully saturated rings. The summed E-state index contributed by atoms with van der Waals surface area (Å²) < 4.78 is 17.6. The summed E-state index contributed by atoms with van der Waals surface area (Å²) in [5.74, 6) is -6.28. The van der Waals surface area contributed by atoms with Crippen molar-refractivity contribution in [2.24, 2.45) is 23.7 Å². The van der Waals surface area contributed by atoms with Crippen LogP contribution in [0.5, 0.6) is 0 Å². The van der Waals surface area contributed by atoms with Crippen molar-refractivity contribution in [2.45, 2.75) is 127 Å². The minimum atomic E-state index is -1.12. The third kappa shape index (κ3) is 7.70. The molecule has 0 heterocycles. The first-order valence-electron chi connectivity index (χ1n) is 14.8. The molecule has 0 saturated heterocycles. The Kier molecular flexibility index (Phi) is 10.4. The quantitative estimate of drug-likeness (QED) is 0.235. The zero-order valence-corrected chi connectivity index (χ0v) is 22.8. The van der Waals surface area contributed by atoms with Gasteiger partial charge in [0.25, 0.3) is 0 Å². The molecule has 4 rings (SSSR count). The van der Waals surface area contributed by atoms with E-state index in [1.165, 1.54) is 0 Å². The lowest BCUT2D eigenvalue weighted by Gasteiger charge is -2.35. The van der Waals surface area contributed by atoms with E-state index in [1.807, 2.05) is 0 Å². The normalized spacial score (nSPS) is 36.6. The lowest BCUT2D eigenvalue weighted by molar-refractivity contribution is -0.528. The molecular weight excluding hydrogens is 526 g/mol. The van der Waals surface area contributed by atoms with E-state index in [9.17, 15) is 39.5 Å². The number of ether oxygens (including phenoxy) is 3. The molecule has 5 unspecified atom stereocenters. The molecular formula is C28H41NO11. The monoisotopic (exact) mass is 567 g/mol. The topological polar surface area (TPSA) is 180 Å². The van der Waals surface area contributed by atoms with Crippen LogP contribution in [0.4, 0.5) is 0 Å². The van der Waals surface area contributed by atoms with Crippen LogP contribution in [0.25, 0.3) is 0 Å². The third-order valence-corrected chi connectivity index (χ3v) is 9.32. The highest BCUT2D eigenvalue weighted by molar-refractivity contribution is 5.82. The highest BCUT2D eigenvalue weighted by atomic mass is 16.6. The van der Waals surface area contributed by atoms with Gasteiger partial charge in [-0.2, -0.15) is 0 Å². The van der Waals surface area contributed by atoms with Crippen LogP contribution in [0.3, 0.4) is 0 Å². The number of carboxylic acids is 2. The van der Waals surface area contributed by atoms with Crippen molar-refractivity contribution >= 4 is 23.9 Å². The van der Waals surface area contributed by atoms with Crippen LogP contribution in [0.2, 0.25) is 0 Å². The first kappa shape index (κ1) is 30.2. The van der Waals surface area contributed by atoms with E-state index in [-0.39, 0.29) is 49.6 Å². The predicted octanol–water partition coefficient (Wildman–Crippen LogP) is 3.75. The number of esters is 2. The van der Waals surface area contributed by atoms with Crippen LogP contribution in [-0.4, -0.2) is 69.5 Å². The van der Waals surface area contributed by atoms with Crippen LogP contribution >= 0.6 is 0 Å². The molecule has 0 amide bonds. The summed E-state index contributed by atoms with van der Waals surface area (Å²) in [7, 11) is 0. The number of carbonyl (C=O) groups excluding carboxylic acids is 2. The van der Waals surface area contributed by atoms with Gasteiger partial charge >= 0.3 is 23.9 Å². The number of aliphatic carboxylic acids is 2. The highest BCUT2D eigenvalue weighted by Gasteiger charge is 2.45. The van der Waals surface area contributed by atoms with Gasteiger partial charge in [-0.1, -0.05) is 12.8 Å². The Hall–Kier alpha value is -2.76. The Morgan fingerprint density at radius 1 is 0.575 bits per heavy atom. The first-order chi connectivity index (χ1) is 19.1. The number of nitro groups is 1. The second kappa shape index (κ2) is 13.7. The number of hydrogen-bond donors (Lipinski definition) is 2. The Morgan fingerprint density at radius 2 is 1.00 bits per heavy atom. The van der Waals surface area contributed by atoms with Gasteiger partial charge in [-0.3, -0.25) is 29.3 Å². The average molecular weight is 568 g/mol. The smallest absolute Gasteiger partial charge is 0.310 e. The van der Waals surface area contributed by atoms with Gasteiger partial charge in [-0.15, -0.1) is 0 Å². The van der Waals surface area contributed by atoms with Crippen molar-refractivity contribution in [2.75, 3.05) is 0 Å². The van der Waals surface area contributed by atoms with E-state index < -0.39 is 52.5 Å². The van der Waals surface area contributed by atoms with Gasteiger partial charge in [-0.25, -0.2) is 0 Å². The van der Waals surface area contributed by atoms with Gasteiger partial charge in [0.05, 0.1) is 35.9 Å². The van der Waals surface area contributed by atoms with Gasteiger partial charge in [0.15, 0.2) is 0 Å². The Morgan fingerprint density at radius 3 is 1.48 bits per heavy atom. The number of carbonyl (C=O) groups is 4. The number of rotatable bonds is 9. The summed E-state index contributed by atoms with van der Waals surface area (Å²) >= 11 is 0. The highest BCUT2D eigenvalue weighted by Crippen LogP contribution is 2.36. The number of carboxylic acid groups (broad SMARTS) is 2. The predicted molar refractivity (Wildman–Crippen MR) is 138 cm³/mol. The maximum atomic E-state index is 12.8. The zero-order chi connectivity index (χ0) is 28.8. The molecule has 5 atom stereocenters. The minimum Gasteiger partial charge on any atom is -0.481 e. The number of hydrogen-bond acceptors (Lipinski definition) is 9. The van der Waals surface area contributed by atoms with Crippen LogP contribution in [0.15, 0.2) is 0 Å². The lowest BCUT2D eigenvalue weighted by Crippen LogP contribution is -2.42. The van der Waals surface area contributed by atoms with Crippen molar-refractivity contribution in [3.63, 3.8) is 0 Å². The molecule has 0 aromatic rings. The molecule has 4 aliphatic rings. The standard InChI is InChI=1S/C28H41NO11/c30-25(31)21-3-1-2-4-23(21)27(34)39-19-10-6-17(7-11-19)38-18-8-12-20(13-9-18)40-28(35)24-15-16(29(36)37)5-14-22(24)26(32)33/h16-24H,1-15H2,(H,30,31)(H,32,33). The Balaban J connectivity index is 1.16. The molecule has 0 spiro atoms. The van der Waals surface area contributed by atoms with Gasteiger partial charge in [0.1, 0.15) is 12.2 Å². The van der Waals surface area contributed by atoms with Crippen LogP contribution in [-0.2, 0) is 33.4 Å².